The molecular weight excluding hydrogens is 278 g/mol. The van der Waals surface area contributed by atoms with Gasteiger partial charge in [-0.25, -0.2) is 0 Å². The third-order valence-electron chi connectivity index (χ3n) is 5.11. The topological polar surface area (TPSA) is 52.7 Å². The zero-order valence-corrected chi connectivity index (χ0v) is 14.1. The summed E-state index contributed by atoms with van der Waals surface area (Å²) in [5.74, 6) is 0.531. The third kappa shape index (κ3) is 4.45. The van der Waals surface area contributed by atoms with Gasteiger partial charge in [-0.2, -0.15) is 0 Å². The summed E-state index contributed by atoms with van der Waals surface area (Å²) in [4.78, 5) is 28.5. The standard InChI is InChI=1S/C17H31N3O2/c1-3-19(4-2)16(21)9-7-10-18-17(22)14-12-15-8-5-6-11-20(15)13-14/h14-15H,3-13H2,1-2H3,(H,18,22)/t14-,15-/m0/s1. The fourth-order valence-corrected chi connectivity index (χ4v) is 3.77. The molecule has 2 amide bonds. The highest BCUT2D eigenvalue weighted by Gasteiger charge is 2.36. The zero-order chi connectivity index (χ0) is 15.9. The highest BCUT2D eigenvalue weighted by atomic mass is 16.2. The molecule has 0 spiro atoms. The van der Waals surface area contributed by atoms with Gasteiger partial charge in [-0.05, 0) is 46.1 Å². The fraction of sp³-hybridized carbons (Fsp3) is 0.882. The zero-order valence-electron chi connectivity index (χ0n) is 14.1. The van der Waals surface area contributed by atoms with Crippen LogP contribution in [0.25, 0.3) is 0 Å². The minimum Gasteiger partial charge on any atom is -0.356 e. The van der Waals surface area contributed by atoms with Crippen molar-refractivity contribution in [2.24, 2.45) is 5.92 Å². The molecule has 2 aliphatic rings. The molecule has 2 heterocycles. The molecule has 0 unspecified atom stereocenters. The molecule has 0 radical (unpaired) electrons. The Kier molecular flexibility index (Phi) is 6.68. The summed E-state index contributed by atoms with van der Waals surface area (Å²) < 4.78 is 0. The average molecular weight is 309 g/mol. The lowest BCUT2D eigenvalue weighted by atomic mass is 9.99. The molecule has 5 nitrogen and oxygen atoms in total. The van der Waals surface area contributed by atoms with Crippen LogP contribution in [0.1, 0.15) is 52.4 Å². The van der Waals surface area contributed by atoms with Gasteiger partial charge in [0.15, 0.2) is 0 Å². The summed E-state index contributed by atoms with van der Waals surface area (Å²) in [6, 6.07) is 0.633. The van der Waals surface area contributed by atoms with Gasteiger partial charge < -0.3 is 10.2 Å². The quantitative estimate of drug-likeness (QED) is 0.727. The van der Waals surface area contributed by atoms with Crippen LogP contribution >= 0.6 is 0 Å². The minimum absolute atomic E-state index is 0.154. The van der Waals surface area contributed by atoms with Gasteiger partial charge in [0, 0.05) is 38.6 Å². The van der Waals surface area contributed by atoms with Gasteiger partial charge in [-0.3, -0.25) is 14.5 Å². The van der Waals surface area contributed by atoms with E-state index in [1.54, 1.807) is 0 Å². The molecule has 2 saturated heterocycles. The minimum atomic E-state index is 0.154. The van der Waals surface area contributed by atoms with Crippen molar-refractivity contribution in [3.8, 4) is 0 Å². The van der Waals surface area contributed by atoms with Gasteiger partial charge >= 0.3 is 0 Å². The molecule has 2 atom stereocenters. The van der Waals surface area contributed by atoms with E-state index in [1.165, 1.54) is 19.3 Å². The van der Waals surface area contributed by atoms with Crippen molar-refractivity contribution in [3.63, 3.8) is 0 Å². The summed E-state index contributed by atoms with van der Waals surface area (Å²) in [6.45, 7) is 8.23. The van der Waals surface area contributed by atoms with E-state index in [0.29, 0.717) is 19.0 Å². The Labute approximate surface area is 134 Å². The SMILES string of the molecule is CCN(CC)C(=O)CCCNC(=O)[C@H]1C[C@@H]2CCCCN2C1. The third-order valence-corrected chi connectivity index (χ3v) is 5.11. The van der Waals surface area contributed by atoms with E-state index in [0.717, 1.165) is 39.0 Å². The lowest BCUT2D eigenvalue weighted by Crippen LogP contribution is -2.36. The Morgan fingerprint density at radius 2 is 2.00 bits per heavy atom. The van der Waals surface area contributed by atoms with E-state index < -0.39 is 0 Å². The molecule has 1 N–H and O–H groups in total. The van der Waals surface area contributed by atoms with Crippen LogP contribution in [0.5, 0.6) is 0 Å². The van der Waals surface area contributed by atoms with Gasteiger partial charge in [0.1, 0.15) is 0 Å². The summed E-state index contributed by atoms with van der Waals surface area (Å²) in [6.07, 6.45) is 6.12. The molecule has 0 aromatic rings. The smallest absolute Gasteiger partial charge is 0.224 e. The van der Waals surface area contributed by atoms with E-state index in [1.807, 2.05) is 18.7 Å². The lowest BCUT2D eigenvalue weighted by molar-refractivity contribution is -0.131. The van der Waals surface area contributed by atoms with Gasteiger partial charge in [-0.1, -0.05) is 6.42 Å². The van der Waals surface area contributed by atoms with Gasteiger partial charge in [0.05, 0.1) is 5.92 Å². The second-order valence-electron chi connectivity index (χ2n) is 6.54. The van der Waals surface area contributed by atoms with Crippen LogP contribution in [0.3, 0.4) is 0 Å². The van der Waals surface area contributed by atoms with Crippen LogP contribution in [-0.4, -0.2) is 60.4 Å². The molecular formula is C17H31N3O2. The van der Waals surface area contributed by atoms with Gasteiger partial charge in [0.25, 0.3) is 0 Å². The summed E-state index contributed by atoms with van der Waals surface area (Å²) >= 11 is 0. The fourth-order valence-electron chi connectivity index (χ4n) is 3.77. The number of nitrogens with zero attached hydrogens (tertiary/aromatic N) is 2. The van der Waals surface area contributed by atoms with Crippen molar-refractivity contribution < 1.29 is 9.59 Å². The first kappa shape index (κ1) is 17.3. The molecule has 5 heteroatoms. The van der Waals surface area contributed by atoms with Crippen LogP contribution < -0.4 is 5.32 Å². The maximum atomic E-state index is 12.2. The average Bonchev–Trinajstić information content (AvgIpc) is 2.96. The van der Waals surface area contributed by atoms with Crippen LogP contribution in [-0.2, 0) is 9.59 Å². The number of hydrogen-bond acceptors (Lipinski definition) is 3. The number of carbonyl (C=O) groups excluding carboxylic acids is 2. The normalized spacial score (nSPS) is 24.8. The maximum Gasteiger partial charge on any atom is 0.224 e. The van der Waals surface area contributed by atoms with E-state index in [-0.39, 0.29) is 17.7 Å². The van der Waals surface area contributed by atoms with Crippen molar-refractivity contribution in [1.29, 1.82) is 0 Å². The summed E-state index contributed by atoms with van der Waals surface area (Å²) in [7, 11) is 0. The van der Waals surface area contributed by atoms with Gasteiger partial charge in [0.2, 0.25) is 11.8 Å². The molecule has 0 aromatic carbocycles. The first-order valence-corrected chi connectivity index (χ1v) is 8.95. The molecule has 22 heavy (non-hydrogen) atoms. The molecule has 0 saturated carbocycles. The van der Waals surface area contributed by atoms with Crippen molar-refractivity contribution in [1.82, 2.24) is 15.1 Å². The second-order valence-corrected chi connectivity index (χ2v) is 6.54. The van der Waals surface area contributed by atoms with Crippen LogP contribution in [0.15, 0.2) is 0 Å². The molecule has 0 aromatic heterocycles. The molecule has 0 aliphatic carbocycles. The monoisotopic (exact) mass is 309 g/mol. The van der Waals surface area contributed by atoms with Crippen LogP contribution in [0.4, 0.5) is 0 Å². The number of carbonyl (C=O) groups is 2. The first-order valence-electron chi connectivity index (χ1n) is 8.95. The summed E-state index contributed by atoms with van der Waals surface area (Å²) in [5, 5.41) is 3.03. The van der Waals surface area contributed by atoms with Crippen molar-refractivity contribution in [2.75, 3.05) is 32.7 Å². The predicted octanol–water partition coefficient (Wildman–Crippen LogP) is 1.63. The van der Waals surface area contributed by atoms with Crippen molar-refractivity contribution in [2.45, 2.75) is 58.4 Å². The van der Waals surface area contributed by atoms with Crippen molar-refractivity contribution >= 4 is 11.8 Å². The number of amides is 2. The Morgan fingerprint density at radius 3 is 2.68 bits per heavy atom. The van der Waals surface area contributed by atoms with Crippen LogP contribution in [0, 0.1) is 5.92 Å². The van der Waals surface area contributed by atoms with Crippen LogP contribution in [0.2, 0.25) is 0 Å². The van der Waals surface area contributed by atoms with E-state index in [2.05, 4.69) is 10.2 Å². The molecule has 0 bridgehead atoms. The number of rotatable bonds is 7. The van der Waals surface area contributed by atoms with Crippen molar-refractivity contribution in [3.05, 3.63) is 0 Å². The largest absolute Gasteiger partial charge is 0.356 e. The number of piperidine rings is 1. The number of fused-ring (bicyclic) bond motifs is 1. The van der Waals surface area contributed by atoms with E-state index in [9.17, 15) is 9.59 Å². The van der Waals surface area contributed by atoms with E-state index >= 15 is 0 Å². The lowest BCUT2D eigenvalue weighted by Gasteiger charge is -2.28. The first-order chi connectivity index (χ1) is 10.7. The highest BCUT2D eigenvalue weighted by Crippen LogP contribution is 2.30. The molecule has 2 aliphatic heterocycles. The Morgan fingerprint density at radius 1 is 1.23 bits per heavy atom. The number of nitrogens with one attached hydrogen (secondary N) is 1. The van der Waals surface area contributed by atoms with E-state index in [4.69, 9.17) is 0 Å². The Bertz CT molecular complexity index is 368. The number of hydrogen-bond donors (Lipinski definition) is 1. The maximum absolute atomic E-state index is 12.2. The predicted molar refractivity (Wildman–Crippen MR) is 87.5 cm³/mol. The highest BCUT2D eigenvalue weighted by molar-refractivity contribution is 5.79. The Balaban J connectivity index is 1.63. The molecule has 2 rings (SSSR count). The Hall–Kier alpha value is -1.10. The second kappa shape index (κ2) is 8.51. The molecule has 2 fully saturated rings. The summed E-state index contributed by atoms with van der Waals surface area (Å²) in [5.41, 5.74) is 0. The van der Waals surface area contributed by atoms with Gasteiger partial charge in [-0.15, -0.1) is 0 Å². The molecule has 126 valence electrons.